The molecule has 0 saturated carbocycles. The highest BCUT2D eigenvalue weighted by atomic mass is 16.7. The molecule has 1 saturated heterocycles. The molecule has 0 aromatic carbocycles. The summed E-state index contributed by atoms with van der Waals surface area (Å²) in [4.78, 5) is 10.7. The van der Waals surface area contributed by atoms with Gasteiger partial charge in [-0.1, -0.05) is 13.8 Å². The highest BCUT2D eigenvalue weighted by molar-refractivity contribution is 5.76. The van der Waals surface area contributed by atoms with Crippen molar-refractivity contribution < 1.29 is 19.0 Å². The van der Waals surface area contributed by atoms with Gasteiger partial charge in [-0.2, -0.15) is 0 Å². The van der Waals surface area contributed by atoms with Gasteiger partial charge < -0.3 is 14.2 Å². The Balaban J connectivity index is 2.17. The van der Waals surface area contributed by atoms with Gasteiger partial charge in [0.1, 0.15) is 6.61 Å². The molecule has 0 aliphatic carbocycles. The fraction of sp³-hybridized carbons (Fsp3) is 0.923. The van der Waals surface area contributed by atoms with Crippen molar-refractivity contribution >= 4 is 5.78 Å². The SMILES string of the molecule is CC(=O)COCC1CCCC(OCC(C)C)O1. The summed E-state index contributed by atoms with van der Waals surface area (Å²) in [5, 5.41) is 0. The lowest BCUT2D eigenvalue weighted by atomic mass is 10.1. The van der Waals surface area contributed by atoms with Crippen LogP contribution in [0.2, 0.25) is 0 Å². The fourth-order valence-corrected chi connectivity index (χ4v) is 1.74. The second-order valence-corrected chi connectivity index (χ2v) is 5.06. The minimum absolute atomic E-state index is 0.0495. The molecular formula is C13H24O4. The van der Waals surface area contributed by atoms with Crippen LogP contribution < -0.4 is 0 Å². The van der Waals surface area contributed by atoms with Gasteiger partial charge in [0.05, 0.1) is 19.3 Å². The Labute approximate surface area is 104 Å². The Kier molecular flexibility index (Phi) is 6.70. The van der Waals surface area contributed by atoms with E-state index in [4.69, 9.17) is 14.2 Å². The van der Waals surface area contributed by atoms with Crippen LogP contribution >= 0.6 is 0 Å². The number of carbonyl (C=O) groups is 1. The Morgan fingerprint density at radius 2 is 2.18 bits per heavy atom. The maximum atomic E-state index is 10.7. The molecule has 0 spiro atoms. The van der Waals surface area contributed by atoms with Gasteiger partial charge in [0, 0.05) is 0 Å². The molecule has 1 heterocycles. The molecule has 17 heavy (non-hydrogen) atoms. The first-order valence-corrected chi connectivity index (χ1v) is 6.42. The van der Waals surface area contributed by atoms with Gasteiger partial charge in [0.15, 0.2) is 12.1 Å². The quantitative estimate of drug-likeness (QED) is 0.688. The van der Waals surface area contributed by atoms with E-state index in [0.717, 1.165) is 25.9 Å². The summed E-state index contributed by atoms with van der Waals surface area (Å²) >= 11 is 0. The van der Waals surface area contributed by atoms with Gasteiger partial charge in [0.2, 0.25) is 0 Å². The van der Waals surface area contributed by atoms with E-state index >= 15 is 0 Å². The first kappa shape index (κ1) is 14.6. The standard InChI is InChI=1S/C13H24O4/c1-10(2)7-16-13-6-4-5-12(17-13)9-15-8-11(3)14/h10,12-13H,4-9H2,1-3H3. The number of Topliss-reactive ketones (excluding diaryl/α,β-unsaturated/α-hetero) is 1. The van der Waals surface area contributed by atoms with Crippen molar-refractivity contribution in [1.82, 2.24) is 0 Å². The summed E-state index contributed by atoms with van der Waals surface area (Å²) in [6, 6.07) is 0. The van der Waals surface area contributed by atoms with E-state index in [1.165, 1.54) is 6.92 Å². The van der Waals surface area contributed by atoms with Crippen LogP contribution in [0.1, 0.15) is 40.0 Å². The number of rotatable bonds is 7. The summed E-state index contributed by atoms with van der Waals surface area (Å²) in [5.74, 6) is 0.571. The first-order chi connectivity index (χ1) is 8.08. The van der Waals surface area contributed by atoms with Crippen molar-refractivity contribution in [2.24, 2.45) is 5.92 Å². The topological polar surface area (TPSA) is 44.8 Å². The Bertz CT molecular complexity index is 227. The summed E-state index contributed by atoms with van der Waals surface area (Å²) in [6.45, 7) is 7.16. The maximum absolute atomic E-state index is 10.7. The van der Waals surface area contributed by atoms with Crippen molar-refractivity contribution in [2.75, 3.05) is 19.8 Å². The molecule has 0 aromatic heterocycles. The molecule has 2 atom stereocenters. The summed E-state index contributed by atoms with van der Waals surface area (Å²) in [7, 11) is 0. The van der Waals surface area contributed by atoms with Crippen LogP contribution in [-0.4, -0.2) is 38.0 Å². The van der Waals surface area contributed by atoms with E-state index < -0.39 is 0 Å². The number of hydrogen-bond acceptors (Lipinski definition) is 4. The van der Waals surface area contributed by atoms with E-state index in [1.807, 2.05) is 0 Å². The van der Waals surface area contributed by atoms with Crippen LogP contribution in [0.25, 0.3) is 0 Å². The Morgan fingerprint density at radius 3 is 2.82 bits per heavy atom. The third-order valence-corrected chi connectivity index (χ3v) is 2.53. The van der Waals surface area contributed by atoms with E-state index in [9.17, 15) is 4.79 Å². The highest BCUT2D eigenvalue weighted by Gasteiger charge is 2.23. The minimum Gasteiger partial charge on any atom is -0.371 e. The highest BCUT2D eigenvalue weighted by Crippen LogP contribution is 2.20. The number of hydrogen-bond donors (Lipinski definition) is 0. The van der Waals surface area contributed by atoms with Gasteiger partial charge in [-0.3, -0.25) is 4.79 Å². The summed E-state index contributed by atoms with van der Waals surface area (Å²) in [5.41, 5.74) is 0. The molecule has 0 radical (unpaired) electrons. The number of ketones is 1. The normalized spacial score (nSPS) is 25.2. The molecule has 2 unspecified atom stereocenters. The summed E-state index contributed by atoms with van der Waals surface area (Å²) < 4.78 is 16.7. The molecule has 0 N–H and O–H groups in total. The molecule has 0 aromatic rings. The third-order valence-electron chi connectivity index (χ3n) is 2.53. The molecule has 100 valence electrons. The molecule has 0 bridgehead atoms. The molecule has 1 aliphatic rings. The molecular weight excluding hydrogens is 220 g/mol. The van der Waals surface area contributed by atoms with E-state index in [1.54, 1.807) is 0 Å². The van der Waals surface area contributed by atoms with Gasteiger partial charge in [-0.05, 0) is 32.1 Å². The van der Waals surface area contributed by atoms with Crippen molar-refractivity contribution in [3.8, 4) is 0 Å². The predicted octanol–water partition coefficient (Wildman–Crippen LogP) is 2.16. The Morgan fingerprint density at radius 1 is 1.41 bits per heavy atom. The third kappa shape index (κ3) is 6.76. The molecule has 1 aliphatic heterocycles. The van der Waals surface area contributed by atoms with Crippen LogP contribution in [0.3, 0.4) is 0 Å². The molecule has 1 fully saturated rings. The van der Waals surface area contributed by atoms with Gasteiger partial charge in [0.25, 0.3) is 0 Å². The lowest BCUT2D eigenvalue weighted by molar-refractivity contribution is -0.207. The van der Waals surface area contributed by atoms with Crippen molar-refractivity contribution in [1.29, 1.82) is 0 Å². The van der Waals surface area contributed by atoms with Crippen LogP contribution in [-0.2, 0) is 19.0 Å². The smallest absolute Gasteiger partial charge is 0.158 e. The summed E-state index contributed by atoms with van der Waals surface area (Å²) in [6.07, 6.45) is 3.00. The van der Waals surface area contributed by atoms with E-state index in [-0.39, 0.29) is 24.8 Å². The number of ether oxygens (including phenoxy) is 3. The van der Waals surface area contributed by atoms with Gasteiger partial charge in [-0.25, -0.2) is 0 Å². The Hall–Kier alpha value is -0.450. The van der Waals surface area contributed by atoms with Gasteiger partial charge in [-0.15, -0.1) is 0 Å². The van der Waals surface area contributed by atoms with Crippen LogP contribution in [0.5, 0.6) is 0 Å². The lowest BCUT2D eigenvalue weighted by Gasteiger charge is -2.30. The second kappa shape index (κ2) is 7.80. The zero-order valence-corrected chi connectivity index (χ0v) is 11.1. The largest absolute Gasteiger partial charge is 0.371 e. The van der Waals surface area contributed by atoms with Crippen LogP contribution in [0, 0.1) is 5.92 Å². The van der Waals surface area contributed by atoms with E-state index in [2.05, 4.69) is 13.8 Å². The predicted molar refractivity (Wildman–Crippen MR) is 64.8 cm³/mol. The lowest BCUT2D eigenvalue weighted by Crippen LogP contribution is -2.33. The molecule has 1 rings (SSSR count). The molecule has 4 nitrogen and oxygen atoms in total. The monoisotopic (exact) mass is 244 g/mol. The maximum Gasteiger partial charge on any atom is 0.158 e. The van der Waals surface area contributed by atoms with Crippen molar-refractivity contribution in [3.05, 3.63) is 0 Å². The van der Waals surface area contributed by atoms with Crippen molar-refractivity contribution in [3.63, 3.8) is 0 Å². The van der Waals surface area contributed by atoms with Crippen molar-refractivity contribution in [2.45, 2.75) is 52.4 Å². The average Bonchev–Trinajstić information content (AvgIpc) is 2.26. The fourth-order valence-electron chi connectivity index (χ4n) is 1.74. The van der Waals surface area contributed by atoms with Gasteiger partial charge >= 0.3 is 0 Å². The average molecular weight is 244 g/mol. The zero-order valence-electron chi connectivity index (χ0n) is 11.1. The zero-order chi connectivity index (χ0) is 12.7. The minimum atomic E-state index is -0.0999. The number of carbonyl (C=O) groups excluding carboxylic acids is 1. The molecule has 4 heteroatoms. The second-order valence-electron chi connectivity index (χ2n) is 5.06. The van der Waals surface area contributed by atoms with Crippen LogP contribution in [0.15, 0.2) is 0 Å². The van der Waals surface area contributed by atoms with E-state index in [0.29, 0.717) is 12.5 Å². The molecule has 0 amide bonds. The van der Waals surface area contributed by atoms with Crippen LogP contribution in [0.4, 0.5) is 0 Å². The first-order valence-electron chi connectivity index (χ1n) is 6.42.